The van der Waals surface area contributed by atoms with Crippen molar-refractivity contribution in [3.8, 4) is 0 Å². The van der Waals surface area contributed by atoms with Crippen LogP contribution in [0.25, 0.3) is 0 Å². The van der Waals surface area contributed by atoms with Gasteiger partial charge in [-0.15, -0.1) is 0 Å². The van der Waals surface area contributed by atoms with Crippen LogP contribution < -0.4 is 16.6 Å². The topological polar surface area (TPSA) is 80.0 Å². The molecule has 0 bridgehead atoms. The summed E-state index contributed by atoms with van der Waals surface area (Å²) in [5, 5.41) is 2.77. The number of hydrogen-bond donors (Lipinski definition) is 3. The minimum atomic E-state index is -0.733. The second kappa shape index (κ2) is 7.68. The van der Waals surface area contributed by atoms with Gasteiger partial charge < -0.3 is 10.7 Å². The summed E-state index contributed by atoms with van der Waals surface area (Å²) in [5.41, 5.74) is 2.07. The fraction of sp³-hybridized carbons (Fsp3) is 0.538. The molecule has 0 radical (unpaired) electrons. The molecule has 5 nitrogen and oxygen atoms in total. The summed E-state index contributed by atoms with van der Waals surface area (Å²) < 4.78 is 13.8. The Morgan fingerprint density at radius 3 is 2.89 bits per heavy atom. The van der Waals surface area contributed by atoms with E-state index < -0.39 is 11.7 Å². The smallest absolute Gasteiger partial charge is 0.254 e. The zero-order valence-electron chi connectivity index (χ0n) is 11.4. The van der Waals surface area contributed by atoms with E-state index in [4.69, 9.17) is 5.84 Å². The third-order valence-corrected chi connectivity index (χ3v) is 2.89. The molecule has 0 aliphatic rings. The maximum absolute atomic E-state index is 13.8. The first-order valence-electron chi connectivity index (χ1n) is 6.52. The van der Waals surface area contributed by atoms with Gasteiger partial charge in [0.1, 0.15) is 0 Å². The Kier molecular flexibility index (Phi) is 6.21. The molecule has 0 aliphatic carbocycles. The van der Waals surface area contributed by atoms with Gasteiger partial charge in [0.25, 0.3) is 5.91 Å². The van der Waals surface area contributed by atoms with E-state index in [2.05, 4.69) is 22.7 Å². The molecule has 0 saturated heterocycles. The fourth-order valence-corrected chi connectivity index (χ4v) is 1.79. The van der Waals surface area contributed by atoms with Crippen LogP contribution in [0.2, 0.25) is 0 Å². The van der Waals surface area contributed by atoms with Gasteiger partial charge in [-0.3, -0.25) is 4.79 Å². The van der Waals surface area contributed by atoms with E-state index in [9.17, 15) is 9.18 Å². The highest BCUT2D eigenvalue weighted by Crippen LogP contribution is 2.14. The Morgan fingerprint density at radius 2 is 2.26 bits per heavy atom. The summed E-state index contributed by atoms with van der Waals surface area (Å²) in [6, 6.07) is 1.35. The van der Waals surface area contributed by atoms with E-state index in [1.165, 1.54) is 12.3 Å². The average Bonchev–Trinajstić information content (AvgIpc) is 2.39. The lowest BCUT2D eigenvalue weighted by molar-refractivity contribution is 0.0934. The zero-order valence-corrected chi connectivity index (χ0v) is 11.4. The number of carbonyl (C=O) groups excluding carboxylic acids is 1. The first kappa shape index (κ1) is 15.4. The standard InChI is InChI=1S/C13H21FN4O/c1-3-4-5-6-9(2)17-13(19)10-7-8-16-12(18-15)11(10)14/h7-9H,3-6,15H2,1-2H3,(H,16,18)(H,17,19). The van der Waals surface area contributed by atoms with Gasteiger partial charge in [0.15, 0.2) is 11.6 Å². The van der Waals surface area contributed by atoms with Crippen LogP contribution in [0.1, 0.15) is 49.9 Å². The van der Waals surface area contributed by atoms with Gasteiger partial charge >= 0.3 is 0 Å². The zero-order chi connectivity index (χ0) is 14.3. The third kappa shape index (κ3) is 4.48. The van der Waals surface area contributed by atoms with Crippen molar-refractivity contribution in [3.63, 3.8) is 0 Å². The number of nitrogen functional groups attached to an aromatic ring is 1. The summed E-state index contributed by atoms with van der Waals surface area (Å²) in [5.74, 6) is 3.81. The fourth-order valence-electron chi connectivity index (χ4n) is 1.79. The normalized spacial score (nSPS) is 12.0. The Hall–Kier alpha value is -1.69. The van der Waals surface area contributed by atoms with E-state index in [-0.39, 0.29) is 17.4 Å². The van der Waals surface area contributed by atoms with E-state index >= 15 is 0 Å². The molecule has 1 aromatic rings. The molecule has 1 aromatic heterocycles. The number of rotatable bonds is 7. The number of nitrogens with two attached hydrogens (primary N) is 1. The van der Waals surface area contributed by atoms with Gasteiger partial charge in [0, 0.05) is 12.2 Å². The molecule has 0 saturated carbocycles. The number of nitrogens with one attached hydrogen (secondary N) is 2. The van der Waals surface area contributed by atoms with Crippen LogP contribution in [0.15, 0.2) is 12.3 Å². The summed E-state index contributed by atoms with van der Waals surface area (Å²) >= 11 is 0. The average molecular weight is 268 g/mol. The lowest BCUT2D eigenvalue weighted by Crippen LogP contribution is -2.33. The minimum absolute atomic E-state index is 0.0147. The number of carbonyl (C=O) groups is 1. The molecular weight excluding hydrogens is 247 g/mol. The lowest BCUT2D eigenvalue weighted by atomic mass is 10.1. The first-order valence-corrected chi connectivity index (χ1v) is 6.52. The van der Waals surface area contributed by atoms with Crippen LogP contribution in [-0.2, 0) is 0 Å². The number of amides is 1. The Morgan fingerprint density at radius 1 is 1.53 bits per heavy atom. The number of hydrogen-bond acceptors (Lipinski definition) is 4. The Bertz CT molecular complexity index is 425. The highest BCUT2D eigenvalue weighted by atomic mass is 19.1. The number of unbranched alkanes of at least 4 members (excludes halogenated alkanes) is 2. The number of pyridine rings is 1. The first-order chi connectivity index (χ1) is 9.10. The largest absolute Gasteiger partial charge is 0.349 e. The molecule has 6 heteroatoms. The lowest BCUT2D eigenvalue weighted by Gasteiger charge is -2.14. The monoisotopic (exact) mass is 268 g/mol. The number of hydrazine groups is 1. The number of aromatic nitrogens is 1. The maximum Gasteiger partial charge on any atom is 0.254 e. The van der Waals surface area contributed by atoms with Crippen LogP contribution in [0, 0.1) is 5.82 Å². The molecule has 4 N–H and O–H groups in total. The van der Waals surface area contributed by atoms with Gasteiger partial charge in [-0.2, -0.15) is 0 Å². The van der Waals surface area contributed by atoms with Crippen molar-refractivity contribution < 1.29 is 9.18 Å². The third-order valence-electron chi connectivity index (χ3n) is 2.89. The van der Waals surface area contributed by atoms with E-state index in [1.54, 1.807) is 0 Å². The molecule has 1 rings (SSSR count). The van der Waals surface area contributed by atoms with Crippen molar-refractivity contribution >= 4 is 11.7 Å². The molecule has 1 atom stereocenters. The van der Waals surface area contributed by atoms with Crippen molar-refractivity contribution in [2.24, 2.45) is 5.84 Å². The van der Waals surface area contributed by atoms with Crippen molar-refractivity contribution in [3.05, 3.63) is 23.6 Å². The molecule has 0 fully saturated rings. The predicted molar refractivity (Wildman–Crippen MR) is 73.1 cm³/mol. The predicted octanol–water partition coefficient (Wildman–Crippen LogP) is 2.20. The quantitative estimate of drug-likeness (QED) is 0.402. The van der Waals surface area contributed by atoms with E-state index in [0.717, 1.165) is 25.7 Å². The number of nitrogens with zero attached hydrogens (tertiary/aromatic N) is 1. The molecule has 106 valence electrons. The number of halogens is 1. The molecular formula is C13H21FN4O. The van der Waals surface area contributed by atoms with Crippen LogP contribution >= 0.6 is 0 Å². The van der Waals surface area contributed by atoms with Crippen molar-refractivity contribution in [2.45, 2.75) is 45.6 Å². The van der Waals surface area contributed by atoms with Gasteiger partial charge in [0.2, 0.25) is 0 Å². The molecule has 1 heterocycles. The molecule has 1 amide bonds. The van der Waals surface area contributed by atoms with Crippen molar-refractivity contribution in [2.75, 3.05) is 5.43 Å². The Balaban J connectivity index is 2.63. The van der Waals surface area contributed by atoms with Gasteiger partial charge in [-0.25, -0.2) is 15.2 Å². The summed E-state index contributed by atoms with van der Waals surface area (Å²) in [6.45, 7) is 4.03. The molecule has 19 heavy (non-hydrogen) atoms. The van der Waals surface area contributed by atoms with Crippen LogP contribution in [0.5, 0.6) is 0 Å². The second-order valence-corrected chi connectivity index (χ2v) is 4.54. The summed E-state index contributed by atoms with van der Waals surface area (Å²) in [4.78, 5) is 15.6. The summed E-state index contributed by atoms with van der Waals surface area (Å²) in [6.07, 6.45) is 5.53. The van der Waals surface area contributed by atoms with Crippen LogP contribution in [0.4, 0.5) is 10.2 Å². The van der Waals surface area contributed by atoms with Crippen LogP contribution in [-0.4, -0.2) is 16.9 Å². The van der Waals surface area contributed by atoms with Crippen LogP contribution in [0.3, 0.4) is 0 Å². The van der Waals surface area contributed by atoms with E-state index in [1.807, 2.05) is 6.92 Å². The minimum Gasteiger partial charge on any atom is -0.349 e. The van der Waals surface area contributed by atoms with Crippen molar-refractivity contribution in [1.29, 1.82) is 0 Å². The highest BCUT2D eigenvalue weighted by Gasteiger charge is 2.17. The SMILES string of the molecule is CCCCCC(C)NC(=O)c1ccnc(NN)c1F. The molecule has 1 unspecified atom stereocenters. The highest BCUT2D eigenvalue weighted by molar-refractivity contribution is 5.95. The van der Waals surface area contributed by atoms with Gasteiger partial charge in [-0.05, 0) is 19.4 Å². The maximum atomic E-state index is 13.8. The van der Waals surface area contributed by atoms with E-state index in [0.29, 0.717) is 0 Å². The van der Waals surface area contributed by atoms with Gasteiger partial charge in [0.05, 0.1) is 5.56 Å². The van der Waals surface area contributed by atoms with Crippen molar-refractivity contribution in [1.82, 2.24) is 10.3 Å². The summed E-state index contributed by atoms with van der Waals surface area (Å²) in [7, 11) is 0. The molecule has 0 aliphatic heterocycles. The molecule has 0 aromatic carbocycles. The number of anilines is 1. The second-order valence-electron chi connectivity index (χ2n) is 4.54. The Labute approximate surface area is 112 Å². The molecule has 0 spiro atoms. The van der Waals surface area contributed by atoms with Gasteiger partial charge in [-0.1, -0.05) is 26.2 Å².